The van der Waals surface area contributed by atoms with E-state index in [9.17, 15) is 4.79 Å². The maximum absolute atomic E-state index is 11.3. The summed E-state index contributed by atoms with van der Waals surface area (Å²) in [6, 6.07) is 0. The Morgan fingerprint density at radius 2 is 2.33 bits per heavy atom. The van der Waals surface area contributed by atoms with Crippen molar-refractivity contribution in [2.75, 3.05) is 6.61 Å². The summed E-state index contributed by atoms with van der Waals surface area (Å²) in [4.78, 5) is 11.3. The van der Waals surface area contributed by atoms with Crippen molar-refractivity contribution in [3.05, 3.63) is 29.6 Å². The standard InChI is InChI=1S/C11H16N2O2/c1-4-15-11(14)10-7-12-13(8-10)6-5-9(2)3/h5,7-8H,4,6H2,1-3H3. The monoisotopic (exact) mass is 208 g/mol. The van der Waals surface area contributed by atoms with Crippen molar-refractivity contribution in [1.82, 2.24) is 9.78 Å². The average Bonchev–Trinajstić information content (AvgIpc) is 2.63. The molecule has 0 atom stereocenters. The molecule has 1 aromatic rings. The number of hydrogen-bond donors (Lipinski definition) is 0. The number of rotatable bonds is 4. The van der Waals surface area contributed by atoms with Gasteiger partial charge in [0.15, 0.2) is 0 Å². The smallest absolute Gasteiger partial charge is 0.341 e. The quantitative estimate of drug-likeness (QED) is 0.561. The van der Waals surface area contributed by atoms with E-state index in [2.05, 4.69) is 5.10 Å². The Bertz CT molecular complexity index is 362. The SMILES string of the molecule is CCOC(=O)c1cnn(CC=C(C)C)c1. The number of hydrogen-bond acceptors (Lipinski definition) is 3. The summed E-state index contributed by atoms with van der Waals surface area (Å²) < 4.78 is 6.57. The second-order valence-electron chi connectivity index (χ2n) is 3.45. The maximum atomic E-state index is 11.3. The summed E-state index contributed by atoms with van der Waals surface area (Å²) in [5, 5.41) is 4.06. The number of ether oxygens (including phenoxy) is 1. The Labute approximate surface area is 89.5 Å². The van der Waals surface area contributed by atoms with Gasteiger partial charge < -0.3 is 4.74 Å². The van der Waals surface area contributed by atoms with Gasteiger partial charge in [0.2, 0.25) is 0 Å². The zero-order chi connectivity index (χ0) is 11.3. The van der Waals surface area contributed by atoms with Gasteiger partial charge in [-0.05, 0) is 20.8 Å². The summed E-state index contributed by atoms with van der Waals surface area (Å²) in [5.41, 5.74) is 1.72. The average molecular weight is 208 g/mol. The van der Waals surface area contributed by atoms with Crippen LogP contribution in [0.5, 0.6) is 0 Å². The molecule has 1 aromatic heterocycles. The highest BCUT2D eigenvalue weighted by Gasteiger charge is 2.08. The van der Waals surface area contributed by atoms with Crippen molar-refractivity contribution in [2.24, 2.45) is 0 Å². The molecule has 82 valence electrons. The molecule has 0 saturated heterocycles. The highest BCUT2D eigenvalue weighted by atomic mass is 16.5. The Morgan fingerprint density at radius 1 is 1.60 bits per heavy atom. The molecule has 0 aromatic carbocycles. The molecule has 0 radical (unpaired) electrons. The lowest BCUT2D eigenvalue weighted by atomic mass is 10.3. The van der Waals surface area contributed by atoms with Crippen molar-refractivity contribution in [2.45, 2.75) is 27.3 Å². The molecule has 0 spiro atoms. The first-order valence-corrected chi connectivity index (χ1v) is 4.96. The molecule has 15 heavy (non-hydrogen) atoms. The molecule has 0 unspecified atom stereocenters. The molecule has 0 bridgehead atoms. The largest absolute Gasteiger partial charge is 0.462 e. The van der Waals surface area contributed by atoms with Gasteiger partial charge in [-0.1, -0.05) is 11.6 Å². The number of esters is 1. The molecule has 0 aliphatic carbocycles. The van der Waals surface area contributed by atoms with Gasteiger partial charge in [-0.2, -0.15) is 5.10 Å². The lowest BCUT2D eigenvalue weighted by Gasteiger charge is -1.97. The molecular weight excluding hydrogens is 192 g/mol. The second-order valence-corrected chi connectivity index (χ2v) is 3.45. The van der Waals surface area contributed by atoms with Gasteiger partial charge in [0, 0.05) is 6.20 Å². The van der Waals surface area contributed by atoms with Crippen LogP contribution in [-0.4, -0.2) is 22.4 Å². The molecule has 0 aliphatic heterocycles. The highest BCUT2D eigenvalue weighted by molar-refractivity contribution is 5.88. The summed E-state index contributed by atoms with van der Waals surface area (Å²) in [6.07, 6.45) is 5.26. The fourth-order valence-corrected chi connectivity index (χ4v) is 1.06. The van der Waals surface area contributed by atoms with Crippen LogP contribution >= 0.6 is 0 Å². The minimum absolute atomic E-state index is 0.319. The van der Waals surface area contributed by atoms with Gasteiger partial charge in [0.25, 0.3) is 0 Å². The van der Waals surface area contributed by atoms with Crippen LogP contribution in [0.4, 0.5) is 0 Å². The van der Waals surface area contributed by atoms with Gasteiger partial charge in [-0.25, -0.2) is 4.79 Å². The highest BCUT2D eigenvalue weighted by Crippen LogP contribution is 2.01. The van der Waals surface area contributed by atoms with Crippen molar-refractivity contribution in [3.8, 4) is 0 Å². The van der Waals surface area contributed by atoms with E-state index in [0.717, 1.165) is 0 Å². The van der Waals surface area contributed by atoms with Gasteiger partial charge in [0.1, 0.15) is 0 Å². The van der Waals surface area contributed by atoms with Gasteiger partial charge in [0.05, 0.1) is 24.9 Å². The van der Waals surface area contributed by atoms with E-state index >= 15 is 0 Å². The van der Waals surface area contributed by atoms with Crippen molar-refractivity contribution in [3.63, 3.8) is 0 Å². The molecule has 1 heterocycles. The summed E-state index contributed by atoms with van der Waals surface area (Å²) in [7, 11) is 0. The third kappa shape index (κ3) is 3.58. The topological polar surface area (TPSA) is 44.1 Å². The van der Waals surface area contributed by atoms with E-state index in [0.29, 0.717) is 18.7 Å². The third-order valence-electron chi connectivity index (χ3n) is 1.83. The summed E-state index contributed by atoms with van der Waals surface area (Å²) in [6.45, 7) is 6.90. The van der Waals surface area contributed by atoms with E-state index in [1.54, 1.807) is 17.8 Å². The zero-order valence-corrected chi connectivity index (χ0v) is 9.36. The van der Waals surface area contributed by atoms with Gasteiger partial charge in [-0.3, -0.25) is 4.68 Å². The molecule has 1 rings (SSSR count). The minimum atomic E-state index is -0.319. The molecule has 0 N–H and O–H groups in total. The number of nitrogens with zero attached hydrogens (tertiary/aromatic N) is 2. The molecule has 0 amide bonds. The fourth-order valence-electron chi connectivity index (χ4n) is 1.06. The normalized spacial score (nSPS) is 9.80. The van der Waals surface area contributed by atoms with Crippen LogP contribution in [0.1, 0.15) is 31.1 Å². The Kier molecular flexibility index (Phi) is 4.09. The minimum Gasteiger partial charge on any atom is -0.462 e. The first-order chi connectivity index (χ1) is 7.13. The maximum Gasteiger partial charge on any atom is 0.341 e. The predicted molar refractivity (Wildman–Crippen MR) is 57.6 cm³/mol. The van der Waals surface area contributed by atoms with Gasteiger partial charge in [-0.15, -0.1) is 0 Å². The summed E-state index contributed by atoms with van der Waals surface area (Å²) >= 11 is 0. The third-order valence-corrected chi connectivity index (χ3v) is 1.83. The van der Waals surface area contributed by atoms with E-state index in [1.807, 2.05) is 19.9 Å². The van der Waals surface area contributed by atoms with Crippen LogP contribution in [0.25, 0.3) is 0 Å². The Morgan fingerprint density at radius 3 is 2.93 bits per heavy atom. The van der Waals surface area contributed by atoms with E-state index in [4.69, 9.17) is 4.74 Å². The lowest BCUT2D eigenvalue weighted by Crippen LogP contribution is -2.03. The summed E-state index contributed by atoms with van der Waals surface area (Å²) in [5.74, 6) is -0.319. The van der Waals surface area contributed by atoms with Crippen molar-refractivity contribution < 1.29 is 9.53 Å². The molecule has 0 aliphatic rings. The Balaban J connectivity index is 2.64. The van der Waals surface area contributed by atoms with Crippen LogP contribution in [-0.2, 0) is 11.3 Å². The van der Waals surface area contributed by atoms with E-state index in [1.165, 1.54) is 11.8 Å². The number of allylic oxidation sites excluding steroid dienone is 2. The fraction of sp³-hybridized carbons (Fsp3) is 0.455. The zero-order valence-electron chi connectivity index (χ0n) is 9.36. The molecular formula is C11H16N2O2. The number of carbonyl (C=O) groups is 1. The lowest BCUT2D eigenvalue weighted by molar-refractivity contribution is 0.0526. The van der Waals surface area contributed by atoms with Crippen molar-refractivity contribution in [1.29, 1.82) is 0 Å². The van der Waals surface area contributed by atoms with E-state index < -0.39 is 0 Å². The first-order valence-electron chi connectivity index (χ1n) is 4.96. The van der Waals surface area contributed by atoms with Crippen LogP contribution in [0.3, 0.4) is 0 Å². The Hall–Kier alpha value is -1.58. The van der Waals surface area contributed by atoms with Crippen molar-refractivity contribution >= 4 is 5.97 Å². The van der Waals surface area contributed by atoms with Gasteiger partial charge >= 0.3 is 5.97 Å². The second kappa shape index (κ2) is 5.34. The van der Waals surface area contributed by atoms with Crippen LogP contribution < -0.4 is 0 Å². The number of aromatic nitrogens is 2. The molecule has 4 heteroatoms. The number of carbonyl (C=O) groups excluding carboxylic acids is 1. The predicted octanol–water partition coefficient (Wildman–Crippen LogP) is 2.03. The first kappa shape index (κ1) is 11.5. The van der Waals surface area contributed by atoms with Crippen LogP contribution in [0.15, 0.2) is 24.0 Å². The van der Waals surface area contributed by atoms with Crippen LogP contribution in [0.2, 0.25) is 0 Å². The molecule has 0 fully saturated rings. The van der Waals surface area contributed by atoms with E-state index in [-0.39, 0.29) is 5.97 Å². The molecule has 4 nitrogen and oxygen atoms in total. The molecule has 0 saturated carbocycles. The van der Waals surface area contributed by atoms with Crippen LogP contribution in [0, 0.1) is 0 Å².